The highest BCUT2D eigenvalue weighted by molar-refractivity contribution is 6.31. The lowest BCUT2D eigenvalue weighted by atomic mass is 10.0. The van der Waals surface area contributed by atoms with Crippen LogP contribution in [0.25, 0.3) is 0 Å². The van der Waals surface area contributed by atoms with Gasteiger partial charge < -0.3 is 10.2 Å². The van der Waals surface area contributed by atoms with E-state index in [9.17, 15) is 14.9 Å². The van der Waals surface area contributed by atoms with Gasteiger partial charge in [-0.1, -0.05) is 11.6 Å². The molecule has 6 nitrogen and oxygen atoms in total. The lowest BCUT2D eigenvalue weighted by Crippen LogP contribution is -2.48. The molecule has 2 rings (SSSR count). The largest absolute Gasteiger partial charge is 0.334 e. The molecule has 0 spiro atoms. The molecule has 21 heavy (non-hydrogen) atoms. The summed E-state index contributed by atoms with van der Waals surface area (Å²) in [7, 11) is 0. The van der Waals surface area contributed by atoms with E-state index in [1.807, 2.05) is 6.92 Å². The van der Waals surface area contributed by atoms with Crippen molar-refractivity contribution in [2.75, 3.05) is 19.6 Å². The summed E-state index contributed by atoms with van der Waals surface area (Å²) in [6, 6.07) is 4.24. The predicted molar refractivity (Wildman–Crippen MR) is 80.7 cm³/mol. The number of amides is 1. The molecular formula is C14H18ClN3O3. The lowest BCUT2D eigenvalue weighted by Gasteiger charge is -2.34. The first-order chi connectivity index (χ1) is 10.0. The number of nitro groups is 1. The van der Waals surface area contributed by atoms with E-state index in [4.69, 9.17) is 11.6 Å². The molecule has 1 amide bonds. The molecule has 1 heterocycles. The molecule has 1 atom stereocenters. The van der Waals surface area contributed by atoms with Crippen LogP contribution in [-0.2, 0) is 0 Å². The number of halogens is 1. The molecule has 1 aromatic rings. The van der Waals surface area contributed by atoms with Crippen molar-refractivity contribution in [1.82, 2.24) is 10.2 Å². The second-order valence-corrected chi connectivity index (χ2v) is 5.45. The highest BCUT2D eigenvalue weighted by Crippen LogP contribution is 2.25. The molecule has 0 aromatic heterocycles. The zero-order chi connectivity index (χ0) is 15.4. The molecule has 0 radical (unpaired) electrons. The molecule has 114 valence electrons. The van der Waals surface area contributed by atoms with Crippen molar-refractivity contribution in [3.8, 4) is 0 Å². The minimum atomic E-state index is -0.563. The monoisotopic (exact) mass is 311 g/mol. The topological polar surface area (TPSA) is 75.5 Å². The van der Waals surface area contributed by atoms with Gasteiger partial charge in [-0.2, -0.15) is 0 Å². The van der Waals surface area contributed by atoms with E-state index in [0.29, 0.717) is 6.54 Å². The van der Waals surface area contributed by atoms with Crippen LogP contribution >= 0.6 is 11.6 Å². The summed E-state index contributed by atoms with van der Waals surface area (Å²) in [5.74, 6) is -0.311. The molecule has 1 aliphatic rings. The zero-order valence-corrected chi connectivity index (χ0v) is 12.6. The van der Waals surface area contributed by atoms with Crippen LogP contribution in [0.4, 0.5) is 5.69 Å². The Labute approximate surface area is 128 Å². The summed E-state index contributed by atoms with van der Waals surface area (Å²) < 4.78 is 0. The van der Waals surface area contributed by atoms with Crippen LogP contribution in [0.5, 0.6) is 0 Å². The molecule has 1 fully saturated rings. The maximum absolute atomic E-state index is 12.7. The van der Waals surface area contributed by atoms with Crippen LogP contribution in [0.3, 0.4) is 0 Å². The number of nitrogens with one attached hydrogen (secondary N) is 1. The zero-order valence-electron chi connectivity index (χ0n) is 11.8. The summed E-state index contributed by atoms with van der Waals surface area (Å²) in [4.78, 5) is 24.9. The first kappa shape index (κ1) is 15.7. The maximum atomic E-state index is 12.7. The van der Waals surface area contributed by atoms with Gasteiger partial charge in [-0.3, -0.25) is 14.9 Å². The molecule has 0 aliphatic carbocycles. The summed E-state index contributed by atoms with van der Waals surface area (Å²) in [5.41, 5.74) is -0.147. The van der Waals surface area contributed by atoms with Crippen LogP contribution in [0.1, 0.15) is 30.1 Å². The normalized spacial score (nSPS) is 18.3. The van der Waals surface area contributed by atoms with E-state index < -0.39 is 4.92 Å². The number of piperidine rings is 1. The van der Waals surface area contributed by atoms with Gasteiger partial charge in [-0.05, 0) is 38.4 Å². The fraction of sp³-hybridized carbons (Fsp3) is 0.500. The van der Waals surface area contributed by atoms with Crippen molar-refractivity contribution < 1.29 is 9.72 Å². The standard InChI is InChI=1S/C14H18ClN3O3/c1-2-17(11-4-3-7-16-9-11)14(19)12-6-5-10(15)8-13(12)18(20)21/h5-6,8,11,16H,2-4,7,9H2,1H3. The van der Waals surface area contributed by atoms with Gasteiger partial charge in [0, 0.05) is 30.2 Å². The molecule has 0 bridgehead atoms. The number of rotatable bonds is 4. The highest BCUT2D eigenvalue weighted by Gasteiger charge is 2.29. The summed E-state index contributed by atoms with van der Waals surface area (Å²) >= 11 is 5.79. The quantitative estimate of drug-likeness (QED) is 0.684. The van der Waals surface area contributed by atoms with E-state index in [1.54, 1.807) is 4.90 Å². The summed E-state index contributed by atoms with van der Waals surface area (Å²) in [5, 5.41) is 14.6. The van der Waals surface area contributed by atoms with E-state index in [2.05, 4.69) is 5.32 Å². The van der Waals surface area contributed by atoms with Crippen LogP contribution in [-0.4, -0.2) is 41.4 Å². The average Bonchev–Trinajstić information content (AvgIpc) is 2.48. The van der Waals surface area contributed by atoms with Gasteiger partial charge >= 0.3 is 0 Å². The number of benzene rings is 1. The smallest absolute Gasteiger partial charge is 0.283 e. The maximum Gasteiger partial charge on any atom is 0.283 e. The Kier molecular flexibility index (Phi) is 5.14. The highest BCUT2D eigenvalue weighted by atomic mass is 35.5. The van der Waals surface area contributed by atoms with Gasteiger partial charge in [-0.25, -0.2) is 0 Å². The third-order valence-electron chi connectivity index (χ3n) is 3.70. The summed E-state index contributed by atoms with van der Waals surface area (Å²) in [6.45, 7) is 4.07. The number of carbonyl (C=O) groups is 1. The Bertz CT molecular complexity index is 544. The van der Waals surface area contributed by atoms with Gasteiger partial charge in [0.15, 0.2) is 0 Å². The Hall–Kier alpha value is -1.66. The van der Waals surface area contributed by atoms with Gasteiger partial charge in [-0.15, -0.1) is 0 Å². The van der Waals surface area contributed by atoms with E-state index >= 15 is 0 Å². The number of nitro benzene ring substituents is 1. The molecule has 0 saturated carbocycles. The Morgan fingerprint density at radius 2 is 2.33 bits per heavy atom. The first-order valence-corrected chi connectivity index (χ1v) is 7.38. The van der Waals surface area contributed by atoms with E-state index in [1.165, 1.54) is 18.2 Å². The fourth-order valence-electron chi connectivity index (χ4n) is 2.66. The average molecular weight is 312 g/mol. The Morgan fingerprint density at radius 3 is 2.90 bits per heavy atom. The van der Waals surface area contributed by atoms with Crippen LogP contribution < -0.4 is 5.32 Å². The third-order valence-corrected chi connectivity index (χ3v) is 3.94. The molecular weight excluding hydrogens is 294 g/mol. The second kappa shape index (κ2) is 6.87. The first-order valence-electron chi connectivity index (χ1n) is 7.00. The number of likely N-dealkylation sites (N-methyl/N-ethyl adjacent to an activating group) is 1. The van der Waals surface area contributed by atoms with Crippen LogP contribution in [0.2, 0.25) is 5.02 Å². The molecule has 1 N–H and O–H groups in total. The SMILES string of the molecule is CCN(C(=O)c1ccc(Cl)cc1[N+](=O)[O-])C1CCCNC1. The van der Waals surface area contributed by atoms with E-state index in [-0.39, 0.29) is 28.2 Å². The van der Waals surface area contributed by atoms with E-state index in [0.717, 1.165) is 25.9 Å². The van der Waals surface area contributed by atoms with Gasteiger partial charge in [0.2, 0.25) is 0 Å². The predicted octanol–water partition coefficient (Wildman–Crippen LogP) is 2.46. The number of hydrogen-bond donors (Lipinski definition) is 1. The Morgan fingerprint density at radius 1 is 1.57 bits per heavy atom. The van der Waals surface area contributed by atoms with Gasteiger partial charge in [0.05, 0.1) is 4.92 Å². The molecule has 1 saturated heterocycles. The minimum absolute atomic E-state index is 0.0755. The molecule has 1 aliphatic heterocycles. The second-order valence-electron chi connectivity index (χ2n) is 5.01. The summed E-state index contributed by atoms with van der Waals surface area (Å²) in [6.07, 6.45) is 1.91. The van der Waals surface area contributed by atoms with Crippen molar-refractivity contribution in [3.05, 3.63) is 38.9 Å². The molecule has 1 aromatic carbocycles. The van der Waals surface area contributed by atoms with Crippen LogP contribution in [0.15, 0.2) is 18.2 Å². The van der Waals surface area contributed by atoms with Gasteiger partial charge in [0.1, 0.15) is 5.56 Å². The van der Waals surface area contributed by atoms with Crippen molar-refractivity contribution >= 4 is 23.2 Å². The van der Waals surface area contributed by atoms with Crippen molar-refractivity contribution in [2.45, 2.75) is 25.8 Å². The van der Waals surface area contributed by atoms with Crippen LogP contribution in [0, 0.1) is 10.1 Å². The molecule has 7 heteroatoms. The lowest BCUT2D eigenvalue weighted by molar-refractivity contribution is -0.385. The molecule has 1 unspecified atom stereocenters. The third kappa shape index (κ3) is 3.51. The fourth-order valence-corrected chi connectivity index (χ4v) is 2.82. The van der Waals surface area contributed by atoms with Crippen molar-refractivity contribution in [1.29, 1.82) is 0 Å². The van der Waals surface area contributed by atoms with Crippen molar-refractivity contribution in [3.63, 3.8) is 0 Å². The number of hydrogen-bond acceptors (Lipinski definition) is 4. The number of carbonyl (C=O) groups excluding carboxylic acids is 1. The van der Waals surface area contributed by atoms with Gasteiger partial charge in [0.25, 0.3) is 11.6 Å². The number of nitrogens with zero attached hydrogens (tertiary/aromatic N) is 2. The minimum Gasteiger partial charge on any atom is -0.334 e. The Balaban J connectivity index is 2.31. The van der Waals surface area contributed by atoms with Crippen molar-refractivity contribution in [2.24, 2.45) is 0 Å².